The summed E-state index contributed by atoms with van der Waals surface area (Å²) in [4.78, 5) is 25.6. The molecular formula is C19H18F2N2O3. The van der Waals surface area contributed by atoms with Gasteiger partial charge in [0.05, 0.1) is 5.69 Å². The highest BCUT2D eigenvalue weighted by molar-refractivity contribution is 6.39. The van der Waals surface area contributed by atoms with Crippen molar-refractivity contribution in [1.29, 1.82) is 0 Å². The number of piperidine rings is 1. The first-order valence-electron chi connectivity index (χ1n) is 8.30. The Labute approximate surface area is 149 Å². The molecule has 0 spiro atoms. The number of carbonyl (C=O) groups excluding carboxylic acids is 2. The molecule has 0 aromatic heterocycles. The zero-order valence-electron chi connectivity index (χ0n) is 14.0. The van der Waals surface area contributed by atoms with Crippen LogP contribution in [-0.2, 0) is 9.59 Å². The minimum Gasteiger partial charge on any atom is -0.490 e. The van der Waals surface area contributed by atoms with Crippen molar-refractivity contribution in [3.8, 4) is 5.75 Å². The zero-order valence-corrected chi connectivity index (χ0v) is 14.0. The maximum Gasteiger partial charge on any atom is 0.313 e. The van der Waals surface area contributed by atoms with Gasteiger partial charge in [0, 0.05) is 25.9 Å². The van der Waals surface area contributed by atoms with E-state index in [0.29, 0.717) is 25.9 Å². The fourth-order valence-electron chi connectivity index (χ4n) is 2.79. The monoisotopic (exact) mass is 360 g/mol. The third-order valence-electron chi connectivity index (χ3n) is 4.17. The summed E-state index contributed by atoms with van der Waals surface area (Å²) in [6, 6.07) is 12.8. The molecule has 5 nitrogen and oxygen atoms in total. The topological polar surface area (TPSA) is 58.6 Å². The first-order valence-corrected chi connectivity index (χ1v) is 8.30. The van der Waals surface area contributed by atoms with Gasteiger partial charge in [-0.2, -0.15) is 0 Å². The zero-order chi connectivity index (χ0) is 18.5. The highest BCUT2D eigenvalue weighted by atomic mass is 19.2. The van der Waals surface area contributed by atoms with E-state index in [1.807, 2.05) is 30.3 Å². The number of hydrogen-bond donors (Lipinski definition) is 1. The second-order valence-electron chi connectivity index (χ2n) is 5.98. The molecule has 0 bridgehead atoms. The minimum atomic E-state index is -1.19. The smallest absolute Gasteiger partial charge is 0.313 e. The quantitative estimate of drug-likeness (QED) is 0.856. The number of rotatable bonds is 3. The van der Waals surface area contributed by atoms with Gasteiger partial charge in [-0.25, -0.2) is 8.78 Å². The molecule has 1 N–H and O–H groups in total. The minimum absolute atomic E-state index is 0.0369. The molecule has 1 fully saturated rings. The number of nitrogens with zero attached hydrogens (tertiary/aromatic N) is 1. The van der Waals surface area contributed by atoms with Crippen molar-refractivity contribution in [1.82, 2.24) is 4.90 Å². The molecule has 136 valence electrons. The van der Waals surface area contributed by atoms with Crippen molar-refractivity contribution < 1.29 is 23.1 Å². The summed E-state index contributed by atoms with van der Waals surface area (Å²) in [6.45, 7) is 0.713. The maximum atomic E-state index is 13.6. The van der Waals surface area contributed by atoms with E-state index in [1.54, 1.807) is 0 Å². The van der Waals surface area contributed by atoms with E-state index < -0.39 is 23.4 Å². The van der Waals surface area contributed by atoms with Crippen molar-refractivity contribution in [3.05, 3.63) is 60.2 Å². The Morgan fingerprint density at radius 1 is 1.00 bits per heavy atom. The molecule has 2 aromatic carbocycles. The summed E-state index contributed by atoms with van der Waals surface area (Å²) in [7, 11) is 0. The van der Waals surface area contributed by atoms with Crippen LogP contribution in [-0.4, -0.2) is 35.9 Å². The van der Waals surface area contributed by atoms with Gasteiger partial charge in [-0.3, -0.25) is 9.59 Å². The average Bonchev–Trinajstić information content (AvgIpc) is 2.66. The van der Waals surface area contributed by atoms with E-state index in [1.165, 1.54) is 17.0 Å². The molecule has 1 aliphatic rings. The molecular weight excluding hydrogens is 342 g/mol. The van der Waals surface area contributed by atoms with Crippen molar-refractivity contribution in [2.45, 2.75) is 18.9 Å². The molecule has 26 heavy (non-hydrogen) atoms. The lowest BCUT2D eigenvalue weighted by atomic mass is 10.1. The van der Waals surface area contributed by atoms with Gasteiger partial charge < -0.3 is 15.0 Å². The van der Waals surface area contributed by atoms with Crippen LogP contribution in [0.15, 0.2) is 48.5 Å². The van der Waals surface area contributed by atoms with E-state index in [2.05, 4.69) is 5.32 Å². The van der Waals surface area contributed by atoms with Crippen LogP contribution in [0.4, 0.5) is 14.5 Å². The van der Waals surface area contributed by atoms with Crippen LogP contribution in [0.25, 0.3) is 0 Å². The summed E-state index contributed by atoms with van der Waals surface area (Å²) in [5, 5.41) is 2.12. The van der Waals surface area contributed by atoms with E-state index in [4.69, 9.17) is 4.74 Å². The summed E-state index contributed by atoms with van der Waals surface area (Å²) in [5.41, 5.74) is -0.356. The Kier molecular flexibility index (Phi) is 5.46. The predicted octanol–water partition coefficient (Wildman–Crippen LogP) is 2.97. The third kappa shape index (κ3) is 4.17. The lowest BCUT2D eigenvalue weighted by molar-refractivity contribution is -0.144. The van der Waals surface area contributed by atoms with Crippen LogP contribution in [0.2, 0.25) is 0 Å². The first kappa shape index (κ1) is 17.8. The molecule has 0 aliphatic carbocycles. The van der Waals surface area contributed by atoms with Gasteiger partial charge in [-0.15, -0.1) is 0 Å². The van der Waals surface area contributed by atoms with Crippen LogP contribution in [0.5, 0.6) is 5.75 Å². The summed E-state index contributed by atoms with van der Waals surface area (Å²) >= 11 is 0. The Hall–Kier alpha value is -2.96. The van der Waals surface area contributed by atoms with Gasteiger partial charge in [0.1, 0.15) is 11.9 Å². The lowest BCUT2D eigenvalue weighted by Crippen LogP contribution is -2.46. The molecule has 0 unspecified atom stereocenters. The molecule has 7 heteroatoms. The molecule has 1 saturated heterocycles. The molecule has 0 saturated carbocycles. The Balaban J connectivity index is 1.53. The number of likely N-dealkylation sites (tertiary alicyclic amines) is 1. The number of benzene rings is 2. The number of ether oxygens (including phenoxy) is 1. The summed E-state index contributed by atoms with van der Waals surface area (Å²) in [6.07, 6.45) is 1.13. The van der Waals surface area contributed by atoms with Crippen molar-refractivity contribution >= 4 is 17.5 Å². The van der Waals surface area contributed by atoms with Crippen LogP contribution < -0.4 is 10.1 Å². The van der Waals surface area contributed by atoms with Crippen LogP contribution >= 0.6 is 0 Å². The van der Waals surface area contributed by atoms with E-state index >= 15 is 0 Å². The Bertz CT molecular complexity index is 791. The standard InChI is InChI=1S/C19H18F2N2O3/c20-15-7-4-8-16(17(15)21)22-18(24)19(25)23-11-9-14(10-12-23)26-13-5-2-1-3-6-13/h1-8,14H,9-12H2,(H,22,24). The number of hydrogen-bond acceptors (Lipinski definition) is 3. The van der Waals surface area contributed by atoms with Gasteiger partial charge in [0.25, 0.3) is 0 Å². The van der Waals surface area contributed by atoms with Gasteiger partial charge >= 0.3 is 11.8 Å². The van der Waals surface area contributed by atoms with Crippen LogP contribution in [0.1, 0.15) is 12.8 Å². The highest BCUT2D eigenvalue weighted by Crippen LogP contribution is 2.20. The van der Waals surface area contributed by atoms with Gasteiger partial charge in [0.15, 0.2) is 11.6 Å². The van der Waals surface area contributed by atoms with Crippen molar-refractivity contribution in [2.75, 3.05) is 18.4 Å². The molecule has 1 heterocycles. The predicted molar refractivity (Wildman–Crippen MR) is 91.7 cm³/mol. The largest absolute Gasteiger partial charge is 0.490 e. The van der Waals surface area contributed by atoms with Gasteiger partial charge in [-0.05, 0) is 24.3 Å². The average molecular weight is 360 g/mol. The molecule has 0 radical (unpaired) electrons. The summed E-state index contributed by atoms with van der Waals surface area (Å²) < 4.78 is 32.6. The second-order valence-corrected chi connectivity index (χ2v) is 5.98. The Morgan fingerprint density at radius 3 is 2.38 bits per heavy atom. The van der Waals surface area contributed by atoms with E-state index in [-0.39, 0.29) is 11.8 Å². The van der Waals surface area contributed by atoms with Crippen LogP contribution in [0.3, 0.4) is 0 Å². The molecule has 0 atom stereocenters. The number of amides is 2. The first-order chi connectivity index (χ1) is 12.5. The number of para-hydroxylation sites is 1. The molecule has 3 rings (SSSR count). The second kappa shape index (κ2) is 7.95. The SMILES string of the molecule is O=C(Nc1cccc(F)c1F)C(=O)N1CCC(Oc2ccccc2)CC1. The summed E-state index contributed by atoms with van der Waals surface area (Å²) in [5.74, 6) is -3.28. The third-order valence-corrected chi connectivity index (χ3v) is 4.17. The molecule has 2 aromatic rings. The lowest BCUT2D eigenvalue weighted by Gasteiger charge is -2.31. The molecule has 1 aliphatic heterocycles. The molecule has 2 amide bonds. The van der Waals surface area contributed by atoms with Crippen LogP contribution in [0, 0.1) is 11.6 Å². The van der Waals surface area contributed by atoms with Gasteiger partial charge in [0.2, 0.25) is 0 Å². The number of anilines is 1. The van der Waals surface area contributed by atoms with E-state index in [9.17, 15) is 18.4 Å². The normalized spacial score (nSPS) is 14.8. The fourth-order valence-corrected chi connectivity index (χ4v) is 2.79. The Morgan fingerprint density at radius 2 is 1.69 bits per heavy atom. The highest BCUT2D eigenvalue weighted by Gasteiger charge is 2.28. The van der Waals surface area contributed by atoms with Gasteiger partial charge in [-0.1, -0.05) is 24.3 Å². The number of halogens is 2. The van der Waals surface area contributed by atoms with E-state index in [0.717, 1.165) is 11.8 Å². The van der Waals surface area contributed by atoms with Crippen molar-refractivity contribution in [2.24, 2.45) is 0 Å². The fraction of sp³-hybridized carbons (Fsp3) is 0.263. The number of carbonyl (C=O) groups is 2. The van der Waals surface area contributed by atoms with Crippen molar-refractivity contribution in [3.63, 3.8) is 0 Å². The maximum absolute atomic E-state index is 13.6. The number of nitrogens with one attached hydrogen (secondary N) is 1.